The molecule has 0 aliphatic rings. The van der Waals surface area contributed by atoms with Gasteiger partial charge in [-0.2, -0.15) is 13.2 Å². The van der Waals surface area contributed by atoms with E-state index in [1.54, 1.807) is 0 Å². The number of hydrogen-bond donors (Lipinski definition) is 3. The highest BCUT2D eigenvalue weighted by molar-refractivity contribution is 6.06. The summed E-state index contributed by atoms with van der Waals surface area (Å²) in [6.07, 6.45) is -3.56. The van der Waals surface area contributed by atoms with Gasteiger partial charge in [0.25, 0.3) is 5.91 Å². The molecule has 3 N–H and O–H groups in total. The third kappa shape index (κ3) is 5.43. The van der Waals surface area contributed by atoms with Crippen LogP contribution in [0.1, 0.15) is 26.8 Å². The fourth-order valence-corrected chi connectivity index (χ4v) is 3.02. The maximum atomic E-state index is 13.2. The fraction of sp³-hybridized carbons (Fsp3) is 0.0435. The standard InChI is InChI=1S/C23H14F4N4O4/c24-13-3-1-12(2-4-13)18-19(31-22(30-18)23(25,26)27)20(32)29-14-5-7-15(8-6-14)35-16-9-10-28-17(11-16)21(33)34/h1-11H,(H,29,32)(H,30,31)(H,33,34). The molecule has 0 spiro atoms. The number of carboxylic acids is 1. The largest absolute Gasteiger partial charge is 0.477 e. The van der Waals surface area contributed by atoms with E-state index in [9.17, 15) is 27.2 Å². The van der Waals surface area contributed by atoms with Crippen LogP contribution in [0.15, 0.2) is 66.9 Å². The van der Waals surface area contributed by atoms with Gasteiger partial charge in [0, 0.05) is 23.5 Å². The fourth-order valence-electron chi connectivity index (χ4n) is 3.02. The number of imidazole rings is 1. The molecule has 0 saturated heterocycles. The van der Waals surface area contributed by atoms with Crippen LogP contribution in [0.4, 0.5) is 23.2 Å². The zero-order valence-corrected chi connectivity index (χ0v) is 17.4. The van der Waals surface area contributed by atoms with E-state index in [2.05, 4.69) is 15.3 Å². The molecule has 2 aromatic carbocycles. The molecular weight excluding hydrogens is 472 g/mol. The third-order valence-electron chi connectivity index (χ3n) is 4.62. The molecule has 35 heavy (non-hydrogen) atoms. The molecule has 12 heteroatoms. The lowest BCUT2D eigenvalue weighted by Crippen LogP contribution is -2.14. The number of hydrogen-bond acceptors (Lipinski definition) is 5. The SMILES string of the molecule is O=C(O)c1cc(Oc2ccc(NC(=O)c3[nH]c(C(F)(F)F)nc3-c3ccc(F)cc3)cc2)ccn1. The van der Waals surface area contributed by atoms with E-state index in [-0.39, 0.29) is 28.4 Å². The second kappa shape index (κ2) is 9.25. The molecule has 0 bridgehead atoms. The summed E-state index contributed by atoms with van der Waals surface area (Å²) >= 11 is 0. The summed E-state index contributed by atoms with van der Waals surface area (Å²) < 4.78 is 58.4. The smallest absolute Gasteiger partial charge is 0.449 e. The van der Waals surface area contributed by atoms with Crippen molar-refractivity contribution >= 4 is 17.6 Å². The first-order chi connectivity index (χ1) is 16.6. The number of rotatable bonds is 6. The molecule has 0 unspecified atom stereocenters. The number of benzene rings is 2. The van der Waals surface area contributed by atoms with Gasteiger partial charge in [-0.25, -0.2) is 19.2 Å². The van der Waals surface area contributed by atoms with Crippen molar-refractivity contribution in [2.45, 2.75) is 6.18 Å². The van der Waals surface area contributed by atoms with Gasteiger partial charge in [0.05, 0.1) is 0 Å². The molecule has 0 aliphatic carbocycles. The quantitative estimate of drug-likeness (QED) is 0.316. The first kappa shape index (κ1) is 23.4. The molecular formula is C23H14F4N4O4. The van der Waals surface area contributed by atoms with Crippen LogP contribution in [0.3, 0.4) is 0 Å². The van der Waals surface area contributed by atoms with Crippen molar-refractivity contribution in [3.63, 3.8) is 0 Å². The number of aromatic amines is 1. The third-order valence-corrected chi connectivity index (χ3v) is 4.62. The molecule has 0 radical (unpaired) electrons. The van der Waals surface area contributed by atoms with Crippen molar-refractivity contribution in [3.05, 3.63) is 89.9 Å². The number of carboxylic acid groups (broad SMARTS) is 1. The number of aromatic carboxylic acids is 1. The van der Waals surface area contributed by atoms with Crippen molar-refractivity contribution in [1.29, 1.82) is 0 Å². The van der Waals surface area contributed by atoms with Crippen LogP contribution in [-0.2, 0) is 6.18 Å². The van der Waals surface area contributed by atoms with Crippen molar-refractivity contribution in [3.8, 4) is 22.8 Å². The van der Waals surface area contributed by atoms with Gasteiger partial charge in [-0.05, 0) is 54.6 Å². The lowest BCUT2D eigenvalue weighted by atomic mass is 10.1. The normalized spacial score (nSPS) is 11.2. The molecule has 4 rings (SSSR count). The molecule has 2 heterocycles. The molecule has 0 atom stereocenters. The van der Waals surface area contributed by atoms with Crippen molar-refractivity contribution in [2.75, 3.05) is 5.32 Å². The number of carbonyl (C=O) groups excluding carboxylic acids is 1. The van der Waals surface area contributed by atoms with Crippen molar-refractivity contribution in [2.24, 2.45) is 0 Å². The van der Waals surface area contributed by atoms with Gasteiger partial charge in [-0.3, -0.25) is 4.79 Å². The minimum atomic E-state index is -4.83. The zero-order chi connectivity index (χ0) is 25.2. The van der Waals surface area contributed by atoms with Crippen LogP contribution in [0.2, 0.25) is 0 Å². The Morgan fingerprint density at radius 2 is 1.66 bits per heavy atom. The number of H-pyrrole nitrogens is 1. The van der Waals surface area contributed by atoms with Crippen LogP contribution in [0.25, 0.3) is 11.3 Å². The Morgan fingerprint density at radius 1 is 0.971 bits per heavy atom. The zero-order valence-electron chi connectivity index (χ0n) is 17.4. The maximum absolute atomic E-state index is 13.2. The van der Waals surface area contributed by atoms with Gasteiger partial charge >= 0.3 is 12.1 Å². The van der Waals surface area contributed by atoms with Crippen molar-refractivity contribution in [1.82, 2.24) is 15.0 Å². The highest BCUT2D eigenvalue weighted by Crippen LogP contribution is 2.32. The number of nitrogens with zero attached hydrogens (tertiary/aromatic N) is 2. The number of anilines is 1. The van der Waals surface area contributed by atoms with E-state index in [1.165, 1.54) is 54.7 Å². The summed E-state index contributed by atoms with van der Waals surface area (Å²) in [5.74, 6) is -3.57. The average Bonchev–Trinajstić information content (AvgIpc) is 3.27. The first-order valence-electron chi connectivity index (χ1n) is 9.82. The lowest BCUT2D eigenvalue weighted by molar-refractivity contribution is -0.144. The Balaban J connectivity index is 1.54. The van der Waals surface area contributed by atoms with Gasteiger partial charge in [-0.15, -0.1) is 0 Å². The summed E-state index contributed by atoms with van der Waals surface area (Å²) in [6.45, 7) is 0. The highest BCUT2D eigenvalue weighted by atomic mass is 19.4. The predicted octanol–water partition coefficient (Wildman–Crippen LogP) is 5.37. The van der Waals surface area contributed by atoms with Gasteiger partial charge in [0.1, 0.15) is 28.7 Å². The Morgan fingerprint density at radius 3 is 2.29 bits per heavy atom. The Bertz CT molecular complexity index is 1380. The molecule has 1 amide bonds. The molecule has 0 saturated carbocycles. The number of halogens is 4. The topological polar surface area (TPSA) is 117 Å². The van der Waals surface area contributed by atoms with E-state index >= 15 is 0 Å². The van der Waals surface area contributed by atoms with Crippen LogP contribution in [0, 0.1) is 5.82 Å². The van der Waals surface area contributed by atoms with Crippen LogP contribution in [0.5, 0.6) is 11.5 Å². The van der Waals surface area contributed by atoms with Crippen LogP contribution in [-0.4, -0.2) is 31.9 Å². The monoisotopic (exact) mass is 486 g/mol. The second-order valence-electron chi connectivity index (χ2n) is 7.08. The van der Waals surface area contributed by atoms with Gasteiger partial charge in [0.15, 0.2) is 5.69 Å². The van der Waals surface area contributed by atoms with Gasteiger partial charge < -0.3 is 20.1 Å². The number of ether oxygens (including phenoxy) is 1. The molecule has 0 fully saturated rings. The molecule has 4 aromatic rings. The van der Waals surface area contributed by atoms with Gasteiger partial charge in [-0.1, -0.05) is 0 Å². The number of amides is 1. The summed E-state index contributed by atoms with van der Waals surface area (Å²) in [5, 5.41) is 11.5. The summed E-state index contributed by atoms with van der Waals surface area (Å²) in [7, 11) is 0. The second-order valence-corrected chi connectivity index (χ2v) is 7.08. The van der Waals surface area contributed by atoms with E-state index < -0.39 is 35.4 Å². The van der Waals surface area contributed by atoms with E-state index in [1.807, 2.05) is 4.98 Å². The number of alkyl halides is 3. The minimum absolute atomic E-state index is 0.116. The van der Waals surface area contributed by atoms with E-state index in [0.717, 1.165) is 12.1 Å². The summed E-state index contributed by atoms with van der Waals surface area (Å²) in [4.78, 5) is 33.0. The van der Waals surface area contributed by atoms with E-state index in [0.29, 0.717) is 5.75 Å². The number of pyridine rings is 1. The minimum Gasteiger partial charge on any atom is -0.477 e. The predicted molar refractivity (Wildman–Crippen MR) is 115 cm³/mol. The molecule has 8 nitrogen and oxygen atoms in total. The summed E-state index contributed by atoms with van der Waals surface area (Å²) in [5.41, 5.74) is -0.605. The Labute approximate surface area is 194 Å². The first-order valence-corrected chi connectivity index (χ1v) is 9.82. The molecule has 178 valence electrons. The van der Waals surface area contributed by atoms with Crippen LogP contribution >= 0.6 is 0 Å². The number of carbonyl (C=O) groups is 2. The Kier molecular flexibility index (Phi) is 6.19. The number of nitrogens with one attached hydrogen (secondary N) is 2. The Hall–Kier alpha value is -4.74. The maximum Gasteiger partial charge on any atom is 0.449 e. The molecule has 0 aliphatic heterocycles. The van der Waals surface area contributed by atoms with E-state index in [4.69, 9.17) is 9.84 Å². The number of aromatic nitrogens is 3. The average molecular weight is 486 g/mol. The lowest BCUT2D eigenvalue weighted by Gasteiger charge is -2.09. The van der Waals surface area contributed by atoms with Crippen molar-refractivity contribution < 1.29 is 37.0 Å². The van der Waals surface area contributed by atoms with Crippen LogP contribution < -0.4 is 10.1 Å². The molecule has 2 aromatic heterocycles. The van der Waals surface area contributed by atoms with Gasteiger partial charge in [0.2, 0.25) is 5.82 Å². The highest BCUT2D eigenvalue weighted by Gasteiger charge is 2.37. The summed E-state index contributed by atoms with van der Waals surface area (Å²) in [6, 6.07) is 13.0.